The Kier molecular flexibility index (Phi) is 4.41. The second-order valence-corrected chi connectivity index (χ2v) is 4.35. The summed E-state index contributed by atoms with van der Waals surface area (Å²) in [5.41, 5.74) is -0.905. The maximum Gasteiger partial charge on any atom is 0.567 e. The summed E-state index contributed by atoms with van der Waals surface area (Å²) in [6, 6.07) is 12.7. The Morgan fingerprint density at radius 3 is 1.78 bits per heavy atom. The Hall–Kier alpha value is -3.62. The van der Waals surface area contributed by atoms with Crippen LogP contribution in [0.5, 0.6) is 0 Å². The van der Waals surface area contributed by atoms with Crippen LogP contribution in [0, 0.1) is 30.3 Å². The van der Waals surface area contributed by atoms with Gasteiger partial charge in [-0.2, -0.15) is 0 Å². The van der Waals surface area contributed by atoms with Gasteiger partial charge in [0.25, 0.3) is 5.69 Å². The zero-order valence-electron chi connectivity index (χ0n) is 11.5. The molecule has 0 bridgehead atoms. The van der Waals surface area contributed by atoms with Crippen LogP contribution in [0.15, 0.2) is 60.4 Å². The smallest absolute Gasteiger partial charge is 0.258 e. The molecule has 0 aromatic heterocycles. The Labute approximate surface area is 128 Å². The van der Waals surface area contributed by atoms with Crippen LogP contribution in [0.2, 0.25) is 0 Å². The first-order valence-electron chi connectivity index (χ1n) is 6.25. The highest BCUT2D eigenvalue weighted by Gasteiger charge is 2.36. The van der Waals surface area contributed by atoms with Gasteiger partial charge in [-0.1, -0.05) is 42.5 Å². The number of para-hydroxylation sites is 1. The van der Waals surface area contributed by atoms with Crippen molar-refractivity contribution in [3.8, 4) is 0 Å². The van der Waals surface area contributed by atoms with Crippen LogP contribution < -0.4 is 0 Å². The molecule has 23 heavy (non-hydrogen) atoms. The third-order valence-corrected chi connectivity index (χ3v) is 3.00. The van der Waals surface area contributed by atoms with Crippen molar-refractivity contribution in [3.05, 3.63) is 102 Å². The average Bonchev–Trinajstić information content (AvgIpc) is 2.52. The Morgan fingerprint density at radius 1 is 0.739 bits per heavy atom. The van der Waals surface area contributed by atoms with Crippen molar-refractivity contribution in [1.29, 1.82) is 0 Å². The summed E-state index contributed by atoms with van der Waals surface area (Å²) in [5, 5.41) is 33.5. The van der Waals surface area contributed by atoms with E-state index in [1.54, 1.807) is 6.07 Å². The summed E-state index contributed by atoms with van der Waals surface area (Å²) in [5.74, 6) is -1.31. The number of nitro groups is 3. The van der Waals surface area contributed by atoms with E-state index in [0.29, 0.717) is 0 Å². The van der Waals surface area contributed by atoms with Crippen LogP contribution in [0.4, 0.5) is 5.69 Å². The van der Waals surface area contributed by atoms with Crippen LogP contribution in [-0.2, 0) is 0 Å². The number of benzene rings is 2. The third kappa shape index (κ3) is 3.18. The van der Waals surface area contributed by atoms with Gasteiger partial charge in [0.2, 0.25) is 0 Å². The van der Waals surface area contributed by atoms with E-state index in [1.807, 2.05) is 0 Å². The van der Waals surface area contributed by atoms with E-state index < -0.39 is 31.9 Å². The molecule has 9 heteroatoms. The van der Waals surface area contributed by atoms with Gasteiger partial charge in [-0.25, -0.2) is 0 Å². The van der Waals surface area contributed by atoms with Crippen molar-refractivity contribution < 1.29 is 14.8 Å². The van der Waals surface area contributed by atoms with E-state index in [2.05, 4.69) is 0 Å². The van der Waals surface area contributed by atoms with Crippen molar-refractivity contribution >= 4 is 11.3 Å². The first-order chi connectivity index (χ1) is 10.9. The van der Waals surface area contributed by atoms with Crippen LogP contribution in [0.1, 0.15) is 11.1 Å². The molecule has 116 valence electrons. The lowest BCUT2D eigenvalue weighted by Gasteiger charge is -2.06. The van der Waals surface area contributed by atoms with E-state index in [0.717, 1.165) is 6.07 Å². The lowest BCUT2D eigenvalue weighted by molar-refractivity contribution is -0.614. The lowest BCUT2D eigenvalue weighted by Crippen LogP contribution is -2.13. The van der Waals surface area contributed by atoms with Gasteiger partial charge in [-0.15, -0.1) is 0 Å². The Bertz CT molecular complexity index is 800. The fraction of sp³-hybridized carbons (Fsp3) is 0. The minimum Gasteiger partial charge on any atom is -0.258 e. The molecule has 2 aromatic rings. The summed E-state index contributed by atoms with van der Waals surface area (Å²) in [4.78, 5) is 30.4. The van der Waals surface area contributed by atoms with Gasteiger partial charge in [-0.3, -0.25) is 30.3 Å². The fourth-order valence-electron chi connectivity index (χ4n) is 2.10. The molecule has 0 atom stereocenters. The van der Waals surface area contributed by atoms with Crippen LogP contribution in [0.3, 0.4) is 0 Å². The standard InChI is InChI=1S/C14H9N3O6/c18-15(19)12-9-5-4-8-11(12)13(10-6-2-1-3-7-10)14(16(20)21)17(22)23/h1-9H. The zero-order chi connectivity index (χ0) is 17.0. The predicted octanol–water partition coefficient (Wildman–Crippen LogP) is 2.87. The monoisotopic (exact) mass is 315 g/mol. The molecule has 2 aromatic carbocycles. The Morgan fingerprint density at radius 2 is 1.26 bits per heavy atom. The van der Waals surface area contributed by atoms with Gasteiger partial charge < -0.3 is 0 Å². The van der Waals surface area contributed by atoms with Gasteiger partial charge in [-0.05, 0) is 11.6 Å². The number of nitrogens with zero attached hydrogens (tertiary/aromatic N) is 3. The molecule has 0 saturated heterocycles. The highest BCUT2D eigenvalue weighted by molar-refractivity contribution is 5.84. The van der Waals surface area contributed by atoms with E-state index in [-0.39, 0.29) is 11.1 Å². The number of hydrogen-bond donors (Lipinski definition) is 0. The van der Waals surface area contributed by atoms with Gasteiger partial charge in [0.05, 0.1) is 10.5 Å². The normalized spacial score (nSPS) is 9.91. The van der Waals surface area contributed by atoms with Gasteiger partial charge in [0, 0.05) is 6.07 Å². The molecule has 0 aliphatic heterocycles. The highest BCUT2D eigenvalue weighted by Crippen LogP contribution is 2.33. The van der Waals surface area contributed by atoms with Crippen molar-refractivity contribution in [2.24, 2.45) is 0 Å². The van der Waals surface area contributed by atoms with Crippen LogP contribution >= 0.6 is 0 Å². The van der Waals surface area contributed by atoms with E-state index in [4.69, 9.17) is 0 Å². The first kappa shape index (κ1) is 15.8. The van der Waals surface area contributed by atoms with Crippen molar-refractivity contribution in [2.45, 2.75) is 0 Å². The summed E-state index contributed by atoms with van der Waals surface area (Å²) in [6.45, 7) is 0. The molecule has 0 aliphatic carbocycles. The summed E-state index contributed by atoms with van der Waals surface area (Å²) in [7, 11) is 0. The lowest BCUT2D eigenvalue weighted by atomic mass is 9.96. The number of nitro benzene ring substituents is 1. The fourth-order valence-corrected chi connectivity index (χ4v) is 2.10. The summed E-state index contributed by atoms with van der Waals surface area (Å²) >= 11 is 0. The molecule has 0 heterocycles. The number of hydrogen-bond acceptors (Lipinski definition) is 6. The van der Waals surface area contributed by atoms with E-state index >= 15 is 0 Å². The second kappa shape index (κ2) is 6.43. The SMILES string of the molecule is O=[N+]([O-])C(=C(c1ccccc1)c1ccccc1[N+](=O)[O-])[N+](=O)[O-]. The van der Waals surface area contributed by atoms with E-state index in [1.165, 1.54) is 42.5 Å². The molecule has 2 rings (SSSR count). The largest absolute Gasteiger partial charge is 0.567 e. The quantitative estimate of drug-likeness (QED) is 0.616. The molecular weight excluding hydrogens is 306 g/mol. The second-order valence-electron chi connectivity index (χ2n) is 4.35. The van der Waals surface area contributed by atoms with Crippen molar-refractivity contribution in [2.75, 3.05) is 0 Å². The maximum atomic E-state index is 11.2. The molecule has 9 nitrogen and oxygen atoms in total. The van der Waals surface area contributed by atoms with Gasteiger partial charge in [0.1, 0.15) is 9.85 Å². The predicted molar refractivity (Wildman–Crippen MR) is 79.5 cm³/mol. The van der Waals surface area contributed by atoms with Crippen molar-refractivity contribution in [1.82, 2.24) is 0 Å². The molecule has 0 saturated carbocycles. The summed E-state index contributed by atoms with van der Waals surface area (Å²) < 4.78 is 0. The van der Waals surface area contributed by atoms with Gasteiger partial charge in [0.15, 0.2) is 5.57 Å². The summed E-state index contributed by atoms with van der Waals surface area (Å²) in [6.07, 6.45) is 0. The molecule has 0 unspecified atom stereocenters. The van der Waals surface area contributed by atoms with Crippen LogP contribution in [-0.4, -0.2) is 14.8 Å². The maximum absolute atomic E-state index is 11.2. The van der Waals surface area contributed by atoms with E-state index in [9.17, 15) is 30.3 Å². The molecule has 0 radical (unpaired) electrons. The molecule has 0 N–H and O–H groups in total. The minimum atomic E-state index is -1.31. The first-order valence-corrected chi connectivity index (χ1v) is 6.25. The zero-order valence-corrected chi connectivity index (χ0v) is 11.5. The highest BCUT2D eigenvalue weighted by atomic mass is 16.7. The molecule has 0 aliphatic rings. The van der Waals surface area contributed by atoms with Crippen molar-refractivity contribution in [3.63, 3.8) is 0 Å². The minimum absolute atomic E-state index is 0.144. The molecule has 0 amide bonds. The number of rotatable bonds is 5. The van der Waals surface area contributed by atoms with Crippen LogP contribution in [0.25, 0.3) is 5.57 Å². The topological polar surface area (TPSA) is 129 Å². The third-order valence-electron chi connectivity index (χ3n) is 3.00. The Balaban J connectivity index is 2.91. The molecule has 0 fully saturated rings. The average molecular weight is 315 g/mol. The van der Waals surface area contributed by atoms with Gasteiger partial charge >= 0.3 is 5.82 Å². The molecular formula is C14H9N3O6. The molecule has 0 spiro atoms.